The molecule has 0 aliphatic rings. The molecular weight excluding hydrogens is 260 g/mol. The van der Waals surface area contributed by atoms with E-state index in [9.17, 15) is 9.59 Å². The predicted molar refractivity (Wildman–Crippen MR) is 71.8 cm³/mol. The summed E-state index contributed by atoms with van der Waals surface area (Å²) in [5.74, 6) is -1.44. The number of rotatable bonds is 4. The number of carboxylic acid groups (broad SMARTS) is 1. The molecule has 7 nitrogen and oxygen atoms in total. The number of aromatic carboxylic acids is 1. The number of carbonyl (C=O) groups is 2. The van der Waals surface area contributed by atoms with Gasteiger partial charge in [0.1, 0.15) is 5.69 Å². The number of hydrogen-bond donors (Lipinski definition) is 2. The minimum absolute atomic E-state index is 0.0166. The maximum absolute atomic E-state index is 12.1. The second kappa shape index (κ2) is 5.52. The second-order valence-corrected chi connectivity index (χ2v) is 4.21. The lowest BCUT2D eigenvalue weighted by atomic mass is 10.2. The van der Waals surface area contributed by atoms with Crippen LogP contribution in [0.1, 0.15) is 33.5 Å². The second-order valence-electron chi connectivity index (χ2n) is 4.21. The highest BCUT2D eigenvalue weighted by molar-refractivity contribution is 6.03. The van der Waals surface area contributed by atoms with Crippen LogP contribution in [0.5, 0.6) is 0 Å². The molecule has 2 aromatic heterocycles. The lowest BCUT2D eigenvalue weighted by molar-refractivity contribution is 0.0696. The largest absolute Gasteiger partial charge is 0.478 e. The molecule has 1 amide bonds. The van der Waals surface area contributed by atoms with Gasteiger partial charge in [0.05, 0.1) is 23.1 Å². The molecule has 0 radical (unpaired) electrons. The summed E-state index contributed by atoms with van der Waals surface area (Å²) in [5, 5.41) is 15.7. The van der Waals surface area contributed by atoms with E-state index in [0.717, 1.165) is 5.69 Å². The maximum Gasteiger partial charge on any atom is 0.337 e. The number of carbonyl (C=O) groups excluding carboxylic acids is 1. The van der Waals surface area contributed by atoms with Gasteiger partial charge in [-0.05, 0) is 26.0 Å². The Labute approximate surface area is 115 Å². The summed E-state index contributed by atoms with van der Waals surface area (Å²) in [6, 6.07) is 3.03. The average Bonchev–Trinajstić information content (AvgIpc) is 2.80. The molecular formula is C13H14N4O3. The molecule has 0 saturated carbocycles. The standard InChI is InChI=1S/C13H14N4O3/c1-3-17-11(4-8(2)16-17)12(18)15-10-5-9(13(19)20)6-14-7-10/h4-7H,3H2,1-2H3,(H,15,18)(H,19,20). The van der Waals surface area contributed by atoms with Crippen LogP contribution in [-0.4, -0.2) is 31.7 Å². The first kappa shape index (κ1) is 13.7. The number of pyridine rings is 1. The molecule has 0 aliphatic heterocycles. The van der Waals surface area contributed by atoms with Crippen LogP contribution < -0.4 is 5.32 Å². The van der Waals surface area contributed by atoms with E-state index in [-0.39, 0.29) is 11.5 Å². The van der Waals surface area contributed by atoms with E-state index in [0.29, 0.717) is 17.9 Å². The van der Waals surface area contributed by atoms with E-state index in [4.69, 9.17) is 5.11 Å². The van der Waals surface area contributed by atoms with Gasteiger partial charge >= 0.3 is 5.97 Å². The monoisotopic (exact) mass is 274 g/mol. The highest BCUT2D eigenvalue weighted by atomic mass is 16.4. The van der Waals surface area contributed by atoms with Gasteiger partial charge in [-0.3, -0.25) is 14.5 Å². The number of nitrogens with zero attached hydrogens (tertiary/aromatic N) is 3. The fourth-order valence-electron chi connectivity index (χ4n) is 1.79. The minimum Gasteiger partial charge on any atom is -0.478 e. The van der Waals surface area contributed by atoms with Crippen molar-refractivity contribution in [1.82, 2.24) is 14.8 Å². The van der Waals surface area contributed by atoms with Gasteiger partial charge in [0.2, 0.25) is 0 Å². The normalized spacial score (nSPS) is 10.3. The van der Waals surface area contributed by atoms with Crippen molar-refractivity contribution < 1.29 is 14.7 Å². The lowest BCUT2D eigenvalue weighted by Crippen LogP contribution is -2.17. The Morgan fingerprint density at radius 2 is 2.10 bits per heavy atom. The summed E-state index contributed by atoms with van der Waals surface area (Å²) in [7, 11) is 0. The summed E-state index contributed by atoms with van der Waals surface area (Å²) in [5.41, 5.74) is 1.51. The first-order valence-corrected chi connectivity index (χ1v) is 6.05. The fraction of sp³-hybridized carbons (Fsp3) is 0.231. The van der Waals surface area contributed by atoms with Gasteiger partial charge < -0.3 is 10.4 Å². The molecule has 0 spiro atoms. The Balaban J connectivity index is 2.23. The quantitative estimate of drug-likeness (QED) is 0.881. The van der Waals surface area contributed by atoms with Crippen molar-refractivity contribution in [2.45, 2.75) is 20.4 Å². The zero-order chi connectivity index (χ0) is 14.7. The third-order valence-corrected chi connectivity index (χ3v) is 2.68. The van der Waals surface area contributed by atoms with Crippen LogP contribution in [0.15, 0.2) is 24.5 Å². The highest BCUT2D eigenvalue weighted by Gasteiger charge is 2.14. The molecule has 2 heterocycles. The Morgan fingerprint density at radius 3 is 2.75 bits per heavy atom. The Hall–Kier alpha value is -2.70. The third-order valence-electron chi connectivity index (χ3n) is 2.68. The summed E-state index contributed by atoms with van der Waals surface area (Å²) >= 11 is 0. The minimum atomic E-state index is -1.09. The summed E-state index contributed by atoms with van der Waals surface area (Å²) < 4.78 is 1.58. The SMILES string of the molecule is CCn1nc(C)cc1C(=O)Nc1cncc(C(=O)O)c1. The molecule has 20 heavy (non-hydrogen) atoms. The number of aryl methyl sites for hydroxylation is 2. The van der Waals surface area contributed by atoms with Crippen LogP contribution >= 0.6 is 0 Å². The molecule has 0 aromatic carbocycles. The van der Waals surface area contributed by atoms with Crippen LogP contribution in [0.3, 0.4) is 0 Å². The molecule has 0 bridgehead atoms. The van der Waals surface area contributed by atoms with Crippen molar-refractivity contribution in [2.24, 2.45) is 0 Å². The van der Waals surface area contributed by atoms with E-state index in [2.05, 4.69) is 15.4 Å². The zero-order valence-electron chi connectivity index (χ0n) is 11.1. The number of nitrogens with one attached hydrogen (secondary N) is 1. The van der Waals surface area contributed by atoms with Crippen molar-refractivity contribution in [1.29, 1.82) is 0 Å². The summed E-state index contributed by atoms with van der Waals surface area (Å²) in [6.07, 6.45) is 2.61. The Morgan fingerprint density at radius 1 is 1.35 bits per heavy atom. The first-order chi connectivity index (χ1) is 9.51. The van der Waals surface area contributed by atoms with E-state index >= 15 is 0 Å². The van der Waals surface area contributed by atoms with Gasteiger partial charge in [-0.1, -0.05) is 0 Å². The molecule has 2 rings (SSSR count). The van der Waals surface area contributed by atoms with Gasteiger partial charge in [0.15, 0.2) is 0 Å². The molecule has 0 fully saturated rings. The fourth-order valence-corrected chi connectivity index (χ4v) is 1.79. The van der Waals surface area contributed by atoms with Gasteiger partial charge in [-0.15, -0.1) is 0 Å². The topological polar surface area (TPSA) is 97.1 Å². The molecule has 2 aromatic rings. The van der Waals surface area contributed by atoms with Gasteiger partial charge in [-0.25, -0.2) is 4.79 Å². The van der Waals surface area contributed by atoms with Crippen molar-refractivity contribution in [3.63, 3.8) is 0 Å². The van der Waals surface area contributed by atoms with Gasteiger partial charge in [-0.2, -0.15) is 5.10 Å². The Kier molecular flexibility index (Phi) is 3.79. The van der Waals surface area contributed by atoms with Crippen molar-refractivity contribution in [2.75, 3.05) is 5.32 Å². The smallest absolute Gasteiger partial charge is 0.337 e. The lowest BCUT2D eigenvalue weighted by Gasteiger charge is -2.06. The van der Waals surface area contributed by atoms with Crippen molar-refractivity contribution >= 4 is 17.6 Å². The molecule has 2 N–H and O–H groups in total. The van der Waals surface area contributed by atoms with Crippen LogP contribution in [0.2, 0.25) is 0 Å². The predicted octanol–water partition coefficient (Wildman–Crippen LogP) is 1.56. The van der Waals surface area contributed by atoms with Crippen molar-refractivity contribution in [3.8, 4) is 0 Å². The number of carboxylic acids is 1. The van der Waals surface area contributed by atoms with Crippen LogP contribution in [0.25, 0.3) is 0 Å². The number of aromatic nitrogens is 3. The number of amides is 1. The Bertz CT molecular complexity index is 663. The molecule has 0 unspecified atom stereocenters. The summed E-state index contributed by atoms with van der Waals surface area (Å²) in [6.45, 7) is 4.26. The number of hydrogen-bond acceptors (Lipinski definition) is 4. The number of anilines is 1. The van der Waals surface area contributed by atoms with E-state index in [1.54, 1.807) is 17.7 Å². The van der Waals surface area contributed by atoms with Crippen LogP contribution in [-0.2, 0) is 6.54 Å². The van der Waals surface area contributed by atoms with Gasteiger partial charge in [0, 0.05) is 12.7 Å². The molecule has 0 atom stereocenters. The zero-order valence-corrected chi connectivity index (χ0v) is 11.1. The maximum atomic E-state index is 12.1. The van der Waals surface area contributed by atoms with E-state index < -0.39 is 5.97 Å². The molecule has 104 valence electrons. The van der Waals surface area contributed by atoms with E-state index in [1.165, 1.54) is 18.5 Å². The van der Waals surface area contributed by atoms with Crippen LogP contribution in [0, 0.1) is 6.92 Å². The highest BCUT2D eigenvalue weighted by Crippen LogP contribution is 2.11. The molecule has 0 aliphatic carbocycles. The third kappa shape index (κ3) is 2.82. The first-order valence-electron chi connectivity index (χ1n) is 6.05. The molecule has 0 saturated heterocycles. The average molecular weight is 274 g/mol. The molecule has 7 heteroatoms. The van der Waals surface area contributed by atoms with E-state index in [1.807, 2.05) is 6.92 Å². The van der Waals surface area contributed by atoms with Gasteiger partial charge in [0.25, 0.3) is 5.91 Å². The summed E-state index contributed by atoms with van der Waals surface area (Å²) in [4.78, 5) is 26.8. The van der Waals surface area contributed by atoms with Crippen LogP contribution in [0.4, 0.5) is 5.69 Å². The van der Waals surface area contributed by atoms with Crippen molar-refractivity contribution in [3.05, 3.63) is 41.5 Å².